The first-order valence-electron chi connectivity index (χ1n) is 8.60. The van der Waals surface area contributed by atoms with Crippen LogP contribution in [0, 0.1) is 0 Å². The van der Waals surface area contributed by atoms with Gasteiger partial charge in [0.15, 0.2) is 0 Å². The van der Waals surface area contributed by atoms with Crippen LogP contribution in [0.2, 0.25) is 0 Å². The van der Waals surface area contributed by atoms with Crippen LogP contribution in [-0.4, -0.2) is 47.5 Å². The summed E-state index contributed by atoms with van der Waals surface area (Å²) in [6, 6.07) is 15.7. The number of hydrogen-bond donors (Lipinski definition) is 0. The van der Waals surface area contributed by atoms with Crippen molar-refractivity contribution in [3.8, 4) is 5.75 Å². The van der Waals surface area contributed by atoms with E-state index in [1.165, 1.54) is 0 Å². The van der Waals surface area contributed by atoms with E-state index in [0.717, 1.165) is 34.6 Å². The number of amides is 1. The molecule has 4 rings (SSSR count). The number of hydrogen-bond acceptors (Lipinski definition) is 5. The van der Waals surface area contributed by atoms with Crippen LogP contribution in [-0.2, 0) is 11.3 Å². The standard InChI is InChI=1S/C20H20N4O2/c1-26-16-6-4-5-15(11-16)12-23-9-10-24(13-19(23)25)20-17-7-2-3-8-18(17)21-14-22-20/h2-8,11,14H,9-10,12-13H2,1H3. The molecule has 1 fully saturated rings. The number of methoxy groups -OCH3 is 1. The minimum Gasteiger partial charge on any atom is -0.497 e. The van der Waals surface area contributed by atoms with Gasteiger partial charge in [-0.3, -0.25) is 4.79 Å². The number of carbonyl (C=O) groups excluding carboxylic acids is 1. The normalized spacial score (nSPS) is 14.7. The number of ether oxygens (including phenoxy) is 1. The van der Waals surface area contributed by atoms with Gasteiger partial charge >= 0.3 is 0 Å². The molecule has 6 nitrogen and oxygen atoms in total. The summed E-state index contributed by atoms with van der Waals surface area (Å²) in [5.41, 5.74) is 1.96. The highest BCUT2D eigenvalue weighted by Crippen LogP contribution is 2.24. The predicted octanol–water partition coefficient (Wildman–Crippen LogP) is 2.49. The molecule has 0 bridgehead atoms. The zero-order chi connectivity index (χ0) is 17.9. The topological polar surface area (TPSA) is 58.6 Å². The Morgan fingerprint density at radius 2 is 1.96 bits per heavy atom. The number of piperazine rings is 1. The first-order chi connectivity index (χ1) is 12.7. The minimum atomic E-state index is 0.0989. The monoisotopic (exact) mass is 348 g/mol. The lowest BCUT2D eigenvalue weighted by atomic mass is 10.1. The molecule has 1 saturated heterocycles. The third kappa shape index (κ3) is 3.18. The van der Waals surface area contributed by atoms with Gasteiger partial charge in [-0.1, -0.05) is 24.3 Å². The van der Waals surface area contributed by atoms with Crippen LogP contribution in [0.1, 0.15) is 5.56 Å². The van der Waals surface area contributed by atoms with Crippen LogP contribution in [0.5, 0.6) is 5.75 Å². The summed E-state index contributed by atoms with van der Waals surface area (Å²) in [6.45, 7) is 2.32. The van der Waals surface area contributed by atoms with Crippen molar-refractivity contribution in [3.63, 3.8) is 0 Å². The summed E-state index contributed by atoms with van der Waals surface area (Å²) in [6.07, 6.45) is 1.56. The number of fused-ring (bicyclic) bond motifs is 1. The first-order valence-corrected chi connectivity index (χ1v) is 8.60. The van der Waals surface area contributed by atoms with Crippen LogP contribution >= 0.6 is 0 Å². The summed E-state index contributed by atoms with van der Waals surface area (Å²) in [5, 5.41) is 0.976. The quantitative estimate of drug-likeness (QED) is 0.725. The molecule has 0 spiro atoms. The smallest absolute Gasteiger partial charge is 0.242 e. The summed E-state index contributed by atoms with van der Waals surface area (Å²) in [5.74, 6) is 1.73. The van der Waals surface area contributed by atoms with Crippen LogP contribution in [0.3, 0.4) is 0 Å². The third-order valence-corrected chi connectivity index (χ3v) is 4.65. The maximum Gasteiger partial charge on any atom is 0.242 e. The number of nitrogens with zero attached hydrogens (tertiary/aromatic N) is 4. The molecule has 3 aromatic rings. The molecule has 2 heterocycles. The van der Waals surface area contributed by atoms with Crippen molar-refractivity contribution in [2.75, 3.05) is 31.6 Å². The van der Waals surface area contributed by atoms with E-state index >= 15 is 0 Å². The molecule has 0 aliphatic carbocycles. The number of benzene rings is 2. The summed E-state index contributed by atoms with van der Waals surface area (Å²) in [7, 11) is 1.65. The van der Waals surface area contributed by atoms with Crippen molar-refractivity contribution in [1.29, 1.82) is 0 Å². The highest BCUT2D eigenvalue weighted by Gasteiger charge is 2.26. The maximum atomic E-state index is 12.7. The molecule has 1 aromatic heterocycles. The van der Waals surface area contributed by atoms with Crippen molar-refractivity contribution in [1.82, 2.24) is 14.9 Å². The number of carbonyl (C=O) groups is 1. The number of aromatic nitrogens is 2. The van der Waals surface area contributed by atoms with Crippen LogP contribution < -0.4 is 9.64 Å². The largest absolute Gasteiger partial charge is 0.497 e. The highest BCUT2D eigenvalue weighted by molar-refractivity contribution is 5.92. The molecule has 6 heteroatoms. The van der Waals surface area contributed by atoms with Crippen LogP contribution in [0.25, 0.3) is 10.9 Å². The lowest BCUT2D eigenvalue weighted by Crippen LogP contribution is -2.50. The molecule has 26 heavy (non-hydrogen) atoms. The van der Waals surface area contributed by atoms with Gasteiger partial charge in [0.05, 0.1) is 19.2 Å². The van der Waals surface area contributed by atoms with Crippen LogP contribution in [0.4, 0.5) is 5.82 Å². The zero-order valence-corrected chi connectivity index (χ0v) is 14.6. The van der Waals surface area contributed by atoms with Gasteiger partial charge in [-0.25, -0.2) is 9.97 Å². The Morgan fingerprint density at radius 1 is 1.08 bits per heavy atom. The van der Waals surface area contributed by atoms with Gasteiger partial charge < -0.3 is 14.5 Å². The highest BCUT2D eigenvalue weighted by atomic mass is 16.5. The first kappa shape index (κ1) is 16.3. The van der Waals surface area contributed by atoms with Crippen molar-refractivity contribution >= 4 is 22.6 Å². The lowest BCUT2D eigenvalue weighted by Gasteiger charge is -2.35. The van der Waals surface area contributed by atoms with Crippen molar-refractivity contribution < 1.29 is 9.53 Å². The SMILES string of the molecule is COc1cccc(CN2CCN(c3ncnc4ccccc34)CC2=O)c1. The average Bonchev–Trinajstić information content (AvgIpc) is 2.69. The van der Waals surface area contributed by atoms with E-state index in [4.69, 9.17) is 4.74 Å². The van der Waals surface area contributed by atoms with E-state index in [1.807, 2.05) is 58.3 Å². The number of anilines is 1. The molecule has 1 aliphatic heterocycles. The van der Waals surface area contributed by atoms with Gasteiger partial charge in [0.25, 0.3) is 0 Å². The second kappa shape index (κ2) is 7.00. The van der Waals surface area contributed by atoms with Gasteiger partial charge in [-0.2, -0.15) is 0 Å². The van der Waals surface area contributed by atoms with E-state index in [9.17, 15) is 4.79 Å². The molecule has 0 atom stereocenters. The Balaban J connectivity index is 1.50. The van der Waals surface area contributed by atoms with E-state index in [1.54, 1.807) is 13.4 Å². The predicted molar refractivity (Wildman–Crippen MR) is 100 cm³/mol. The third-order valence-electron chi connectivity index (χ3n) is 4.65. The zero-order valence-electron chi connectivity index (χ0n) is 14.6. The fourth-order valence-corrected chi connectivity index (χ4v) is 3.29. The van der Waals surface area contributed by atoms with Crippen LogP contribution in [0.15, 0.2) is 54.9 Å². The Morgan fingerprint density at radius 3 is 2.81 bits per heavy atom. The van der Waals surface area contributed by atoms with Crippen molar-refractivity contribution in [2.24, 2.45) is 0 Å². The van der Waals surface area contributed by atoms with Crippen molar-refractivity contribution in [3.05, 3.63) is 60.4 Å². The van der Waals surface area contributed by atoms with E-state index in [0.29, 0.717) is 19.6 Å². The minimum absolute atomic E-state index is 0.0989. The second-order valence-electron chi connectivity index (χ2n) is 6.30. The summed E-state index contributed by atoms with van der Waals surface area (Å²) in [4.78, 5) is 25.3. The number of rotatable bonds is 4. The van der Waals surface area contributed by atoms with Gasteiger partial charge in [0.2, 0.25) is 5.91 Å². The summed E-state index contributed by atoms with van der Waals surface area (Å²) >= 11 is 0. The Kier molecular flexibility index (Phi) is 4.39. The molecular weight excluding hydrogens is 328 g/mol. The van der Waals surface area contributed by atoms with E-state index < -0.39 is 0 Å². The number of para-hydroxylation sites is 1. The summed E-state index contributed by atoms with van der Waals surface area (Å²) < 4.78 is 5.26. The molecule has 1 amide bonds. The molecular formula is C20H20N4O2. The van der Waals surface area contributed by atoms with Gasteiger partial charge in [0.1, 0.15) is 17.9 Å². The molecule has 0 unspecified atom stereocenters. The molecule has 0 N–H and O–H groups in total. The second-order valence-corrected chi connectivity index (χ2v) is 6.30. The fraction of sp³-hybridized carbons (Fsp3) is 0.250. The molecule has 132 valence electrons. The molecule has 2 aromatic carbocycles. The van der Waals surface area contributed by atoms with Gasteiger partial charge in [-0.15, -0.1) is 0 Å². The maximum absolute atomic E-state index is 12.7. The average molecular weight is 348 g/mol. The van der Waals surface area contributed by atoms with E-state index in [-0.39, 0.29) is 5.91 Å². The molecule has 1 aliphatic rings. The van der Waals surface area contributed by atoms with Crippen molar-refractivity contribution in [2.45, 2.75) is 6.54 Å². The molecule has 0 radical (unpaired) electrons. The lowest BCUT2D eigenvalue weighted by molar-refractivity contribution is -0.131. The fourth-order valence-electron chi connectivity index (χ4n) is 3.29. The Labute approximate surface area is 152 Å². The Hall–Kier alpha value is -3.15. The van der Waals surface area contributed by atoms with Gasteiger partial charge in [0, 0.05) is 25.0 Å². The molecule has 0 saturated carbocycles. The van der Waals surface area contributed by atoms with E-state index in [2.05, 4.69) is 9.97 Å². The van der Waals surface area contributed by atoms with Gasteiger partial charge in [-0.05, 0) is 29.8 Å². The Bertz CT molecular complexity index is 939.